The van der Waals surface area contributed by atoms with Crippen molar-refractivity contribution >= 4 is 50.7 Å². The molecule has 0 fully saturated rings. The van der Waals surface area contributed by atoms with E-state index in [1.807, 2.05) is 0 Å². The predicted octanol–water partition coefficient (Wildman–Crippen LogP) is 1.32. The number of carbonyl (C=O) groups is 1. The molecule has 1 rings (SSSR count). The van der Waals surface area contributed by atoms with Gasteiger partial charge in [0.2, 0.25) is 10.0 Å². The van der Waals surface area contributed by atoms with Gasteiger partial charge in [-0.25, -0.2) is 13.6 Å². The summed E-state index contributed by atoms with van der Waals surface area (Å²) in [5, 5.41) is 7.32. The van der Waals surface area contributed by atoms with Crippen molar-refractivity contribution in [3.8, 4) is 0 Å². The van der Waals surface area contributed by atoms with Crippen molar-refractivity contribution in [2.45, 2.75) is 15.2 Å². The minimum atomic E-state index is -3.72. The third kappa shape index (κ3) is 4.62. The number of primary sulfonamides is 1. The average molecular weight is 332 g/mol. The summed E-state index contributed by atoms with van der Waals surface area (Å²) in [6.45, 7) is 0.109. The van der Waals surface area contributed by atoms with Crippen LogP contribution in [-0.4, -0.2) is 18.1 Å². The zero-order valence-corrected chi connectivity index (χ0v) is 11.9. The van der Waals surface area contributed by atoms with Crippen LogP contribution in [0.4, 0.5) is 0 Å². The van der Waals surface area contributed by atoms with Gasteiger partial charge in [-0.15, -0.1) is 0 Å². The van der Waals surface area contributed by atoms with Crippen molar-refractivity contribution in [1.82, 2.24) is 5.32 Å². The van der Waals surface area contributed by atoms with Gasteiger partial charge in [-0.3, -0.25) is 4.79 Å². The van der Waals surface area contributed by atoms with E-state index in [0.717, 1.165) is 0 Å². The number of hydrogen-bond acceptors (Lipinski definition) is 3. The zero-order valence-electron chi connectivity index (χ0n) is 8.86. The Balaban J connectivity index is 2.69. The Morgan fingerprint density at radius 2 is 1.72 bits per heavy atom. The molecule has 0 radical (unpaired) electrons. The molecule has 0 aliphatic rings. The zero-order chi connectivity index (χ0) is 14.0. The van der Waals surface area contributed by atoms with Crippen LogP contribution < -0.4 is 10.5 Å². The molecule has 0 aliphatic heterocycles. The van der Waals surface area contributed by atoms with Gasteiger partial charge < -0.3 is 5.32 Å². The maximum absolute atomic E-state index is 11.2. The Labute approximate surface area is 119 Å². The highest BCUT2D eigenvalue weighted by atomic mass is 35.6. The highest BCUT2D eigenvalue weighted by Crippen LogP contribution is 2.25. The SMILES string of the molecule is NS(=O)(=O)c1ccc(CNC(=O)C(Cl)(Cl)Cl)cc1. The van der Waals surface area contributed by atoms with Gasteiger partial charge >= 0.3 is 0 Å². The van der Waals surface area contributed by atoms with Crippen LogP contribution >= 0.6 is 34.8 Å². The Kier molecular flexibility index (Phi) is 4.85. The van der Waals surface area contributed by atoms with Crippen molar-refractivity contribution in [2.24, 2.45) is 5.14 Å². The number of hydrogen-bond donors (Lipinski definition) is 2. The van der Waals surface area contributed by atoms with Crippen LogP contribution in [0.3, 0.4) is 0 Å². The Morgan fingerprint density at radius 3 is 2.11 bits per heavy atom. The number of rotatable bonds is 3. The second-order valence-electron chi connectivity index (χ2n) is 3.37. The fourth-order valence-corrected chi connectivity index (χ4v) is 1.80. The molecule has 0 aromatic heterocycles. The molecule has 100 valence electrons. The number of nitrogens with two attached hydrogens (primary N) is 1. The predicted molar refractivity (Wildman–Crippen MR) is 70.0 cm³/mol. The van der Waals surface area contributed by atoms with Gasteiger partial charge in [-0.05, 0) is 17.7 Å². The number of nitrogens with one attached hydrogen (secondary N) is 1. The molecule has 18 heavy (non-hydrogen) atoms. The first kappa shape index (κ1) is 15.5. The minimum Gasteiger partial charge on any atom is -0.348 e. The normalized spacial score (nSPS) is 12.2. The molecule has 0 bridgehead atoms. The minimum absolute atomic E-state index is 0.0149. The highest BCUT2D eigenvalue weighted by molar-refractivity contribution is 7.89. The van der Waals surface area contributed by atoms with Gasteiger partial charge in [-0.2, -0.15) is 0 Å². The van der Waals surface area contributed by atoms with Gasteiger partial charge in [0.1, 0.15) is 0 Å². The lowest BCUT2D eigenvalue weighted by Gasteiger charge is -2.11. The smallest absolute Gasteiger partial charge is 0.272 e. The van der Waals surface area contributed by atoms with Crippen molar-refractivity contribution in [2.75, 3.05) is 0 Å². The van der Waals surface area contributed by atoms with Gasteiger partial charge in [0.15, 0.2) is 0 Å². The van der Waals surface area contributed by atoms with Crippen LogP contribution in [-0.2, 0) is 21.4 Å². The molecule has 0 aliphatic carbocycles. The van der Waals surface area contributed by atoms with Crippen LogP contribution in [0.5, 0.6) is 0 Å². The molecule has 0 atom stereocenters. The third-order valence-electron chi connectivity index (χ3n) is 1.96. The fraction of sp³-hybridized carbons (Fsp3) is 0.222. The van der Waals surface area contributed by atoms with E-state index in [1.165, 1.54) is 24.3 Å². The van der Waals surface area contributed by atoms with Crippen molar-refractivity contribution < 1.29 is 13.2 Å². The topological polar surface area (TPSA) is 89.3 Å². The maximum Gasteiger partial charge on any atom is 0.272 e. The van der Waals surface area contributed by atoms with E-state index in [4.69, 9.17) is 39.9 Å². The molecule has 0 saturated carbocycles. The largest absolute Gasteiger partial charge is 0.348 e. The van der Waals surface area contributed by atoms with Crippen LogP contribution in [0, 0.1) is 0 Å². The standard InChI is InChI=1S/C9H9Cl3N2O3S/c10-9(11,12)8(15)14-5-6-1-3-7(4-2-6)18(13,16)17/h1-4H,5H2,(H,14,15)(H2,13,16,17). The summed E-state index contributed by atoms with van der Waals surface area (Å²) in [5.41, 5.74) is 0.644. The summed E-state index contributed by atoms with van der Waals surface area (Å²) in [6.07, 6.45) is 0. The lowest BCUT2D eigenvalue weighted by atomic mass is 10.2. The number of halogens is 3. The summed E-state index contributed by atoms with van der Waals surface area (Å²) < 4.78 is 20.0. The third-order valence-corrected chi connectivity index (χ3v) is 3.41. The summed E-state index contributed by atoms with van der Waals surface area (Å²) in [7, 11) is -3.72. The van der Waals surface area contributed by atoms with E-state index in [-0.39, 0.29) is 11.4 Å². The van der Waals surface area contributed by atoms with Gasteiger partial charge in [-0.1, -0.05) is 46.9 Å². The van der Waals surface area contributed by atoms with Crippen LogP contribution in [0.1, 0.15) is 5.56 Å². The quantitative estimate of drug-likeness (QED) is 0.819. The molecule has 0 heterocycles. The van der Waals surface area contributed by atoms with Crippen molar-refractivity contribution in [3.63, 3.8) is 0 Å². The molecule has 0 saturated heterocycles. The first-order valence-corrected chi connectivity index (χ1v) is 7.25. The fourth-order valence-electron chi connectivity index (χ4n) is 1.08. The van der Waals surface area contributed by atoms with Crippen molar-refractivity contribution in [1.29, 1.82) is 0 Å². The number of sulfonamides is 1. The Bertz CT molecular complexity index is 537. The first-order chi connectivity index (χ1) is 8.10. The molecule has 5 nitrogen and oxygen atoms in total. The lowest BCUT2D eigenvalue weighted by molar-refractivity contribution is -0.120. The Morgan fingerprint density at radius 1 is 1.22 bits per heavy atom. The van der Waals surface area contributed by atoms with Gasteiger partial charge in [0.05, 0.1) is 4.90 Å². The van der Waals surface area contributed by atoms with Crippen molar-refractivity contribution in [3.05, 3.63) is 29.8 Å². The summed E-state index contributed by atoms with van der Waals surface area (Å²) in [4.78, 5) is 11.2. The lowest BCUT2D eigenvalue weighted by Crippen LogP contribution is -2.33. The van der Waals surface area contributed by atoms with Gasteiger partial charge in [0.25, 0.3) is 9.70 Å². The van der Waals surface area contributed by atoms with E-state index >= 15 is 0 Å². The number of carbonyl (C=O) groups excluding carboxylic acids is 1. The van der Waals surface area contributed by atoms with Crippen LogP contribution in [0.2, 0.25) is 0 Å². The summed E-state index contributed by atoms with van der Waals surface area (Å²) >= 11 is 16.1. The van der Waals surface area contributed by atoms with Crippen LogP contribution in [0.15, 0.2) is 29.2 Å². The highest BCUT2D eigenvalue weighted by Gasteiger charge is 2.30. The van der Waals surface area contributed by atoms with Crippen LogP contribution in [0.25, 0.3) is 0 Å². The molecule has 1 aromatic rings. The second kappa shape index (κ2) is 5.63. The summed E-state index contributed by atoms with van der Waals surface area (Å²) in [6, 6.07) is 5.65. The van der Waals surface area contributed by atoms with E-state index in [0.29, 0.717) is 5.56 Å². The number of alkyl halides is 3. The summed E-state index contributed by atoms with van der Waals surface area (Å²) in [5.74, 6) is -0.761. The molecular formula is C9H9Cl3N2O3S. The molecule has 0 spiro atoms. The molecule has 0 unspecified atom stereocenters. The molecule has 9 heteroatoms. The molecule has 3 N–H and O–H groups in total. The first-order valence-electron chi connectivity index (χ1n) is 4.57. The molecule has 1 amide bonds. The molecule has 1 aromatic carbocycles. The van der Waals surface area contributed by atoms with E-state index < -0.39 is 19.7 Å². The number of amides is 1. The second-order valence-corrected chi connectivity index (χ2v) is 7.21. The average Bonchev–Trinajstić information content (AvgIpc) is 2.24. The monoisotopic (exact) mass is 330 g/mol. The Hall–Kier alpha value is -0.530. The van der Waals surface area contributed by atoms with E-state index in [1.54, 1.807) is 0 Å². The molecular weight excluding hydrogens is 323 g/mol. The maximum atomic E-state index is 11.2. The van der Waals surface area contributed by atoms with E-state index in [2.05, 4.69) is 5.32 Å². The number of benzene rings is 1. The van der Waals surface area contributed by atoms with E-state index in [9.17, 15) is 13.2 Å². The van der Waals surface area contributed by atoms with Gasteiger partial charge in [0, 0.05) is 6.54 Å².